The van der Waals surface area contributed by atoms with Gasteiger partial charge in [0.05, 0.1) is 9.92 Å². The Balaban J connectivity index is 1.58. The predicted octanol–water partition coefficient (Wildman–Crippen LogP) is 3.06. The Bertz CT molecular complexity index is 1060. The van der Waals surface area contributed by atoms with Crippen molar-refractivity contribution in [3.8, 4) is 0 Å². The molecule has 1 aliphatic rings. The SMILES string of the molecule is O=C(CCNS(=O)(=O)c1ccc2c(c1)CCCC(=O)N2)Nc1ccc(F)c(Cl)c1. The Morgan fingerprint density at radius 3 is 2.72 bits per heavy atom. The van der Waals surface area contributed by atoms with Gasteiger partial charge in [0.1, 0.15) is 5.82 Å². The van der Waals surface area contributed by atoms with Crippen LogP contribution < -0.4 is 15.4 Å². The van der Waals surface area contributed by atoms with Gasteiger partial charge in [-0.15, -0.1) is 0 Å². The van der Waals surface area contributed by atoms with Gasteiger partial charge >= 0.3 is 0 Å². The van der Waals surface area contributed by atoms with E-state index in [1.165, 1.54) is 24.3 Å². The molecule has 0 spiro atoms. The summed E-state index contributed by atoms with van der Waals surface area (Å²) in [5.74, 6) is -1.14. The third kappa shape index (κ3) is 5.53. The number of hydrogen-bond donors (Lipinski definition) is 3. The molecule has 3 rings (SSSR count). The Hall–Kier alpha value is -2.49. The van der Waals surface area contributed by atoms with Gasteiger partial charge in [0.25, 0.3) is 0 Å². The number of amides is 2. The summed E-state index contributed by atoms with van der Waals surface area (Å²) in [4.78, 5) is 23.6. The Kier molecular flexibility index (Phi) is 6.51. The van der Waals surface area contributed by atoms with Crippen molar-refractivity contribution >= 4 is 44.8 Å². The van der Waals surface area contributed by atoms with Crippen molar-refractivity contribution in [3.05, 3.63) is 52.8 Å². The number of rotatable bonds is 6. The molecule has 0 aliphatic carbocycles. The van der Waals surface area contributed by atoms with Crippen LogP contribution in [0.5, 0.6) is 0 Å². The van der Waals surface area contributed by atoms with Crippen LogP contribution in [0.2, 0.25) is 5.02 Å². The van der Waals surface area contributed by atoms with Crippen molar-refractivity contribution in [3.63, 3.8) is 0 Å². The first-order chi connectivity index (χ1) is 13.7. The monoisotopic (exact) mass is 439 g/mol. The van der Waals surface area contributed by atoms with E-state index in [0.717, 1.165) is 11.6 Å². The average molecular weight is 440 g/mol. The van der Waals surface area contributed by atoms with E-state index >= 15 is 0 Å². The summed E-state index contributed by atoms with van der Waals surface area (Å²) in [6.07, 6.45) is 1.52. The minimum Gasteiger partial charge on any atom is -0.326 e. The molecule has 0 unspecified atom stereocenters. The third-order valence-electron chi connectivity index (χ3n) is 4.36. The zero-order valence-corrected chi connectivity index (χ0v) is 16.9. The minimum absolute atomic E-state index is 0.0677. The molecule has 0 radical (unpaired) electrons. The number of carbonyl (C=O) groups excluding carboxylic acids is 2. The second-order valence-corrected chi connectivity index (χ2v) is 8.72. The summed E-state index contributed by atoms with van der Waals surface area (Å²) in [6.45, 7) is -0.114. The van der Waals surface area contributed by atoms with Crippen LogP contribution in [0.25, 0.3) is 0 Å². The first kappa shape index (κ1) is 21.2. The maximum absolute atomic E-state index is 13.1. The summed E-state index contributed by atoms with van der Waals surface area (Å²) in [5, 5.41) is 5.15. The maximum Gasteiger partial charge on any atom is 0.240 e. The summed E-state index contributed by atoms with van der Waals surface area (Å²) in [6, 6.07) is 8.27. The van der Waals surface area contributed by atoms with Gasteiger partial charge < -0.3 is 10.6 Å². The average Bonchev–Trinajstić information content (AvgIpc) is 2.84. The van der Waals surface area contributed by atoms with Gasteiger partial charge in [0, 0.05) is 30.8 Å². The number of hydrogen-bond acceptors (Lipinski definition) is 4. The summed E-state index contributed by atoms with van der Waals surface area (Å²) < 4.78 is 40.5. The molecule has 3 N–H and O–H groups in total. The molecular weight excluding hydrogens is 421 g/mol. The maximum atomic E-state index is 13.1. The number of nitrogens with one attached hydrogen (secondary N) is 3. The van der Waals surface area contributed by atoms with E-state index in [0.29, 0.717) is 30.6 Å². The highest BCUT2D eigenvalue weighted by Crippen LogP contribution is 2.25. The van der Waals surface area contributed by atoms with Crippen molar-refractivity contribution in [1.82, 2.24) is 4.72 Å². The van der Waals surface area contributed by atoms with E-state index in [1.54, 1.807) is 6.07 Å². The molecule has 0 aromatic heterocycles. The van der Waals surface area contributed by atoms with Crippen LogP contribution in [0.15, 0.2) is 41.3 Å². The molecule has 29 heavy (non-hydrogen) atoms. The molecule has 7 nitrogen and oxygen atoms in total. The zero-order valence-electron chi connectivity index (χ0n) is 15.3. The van der Waals surface area contributed by atoms with Crippen molar-refractivity contribution in [2.45, 2.75) is 30.6 Å². The molecule has 1 aliphatic heterocycles. The van der Waals surface area contributed by atoms with Gasteiger partial charge in [-0.25, -0.2) is 17.5 Å². The summed E-state index contributed by atoms with van der Waals surface area (Å²) in [5.41, 5.74) is 1.69. The quantitative estimate of drug-likeness (QED) is 0.643. The molecule has 154 valence electrons. The Morgan fingerprint density at radius 1 is 1.17 bits per heavy atom. The fourth-order valence-electron chi connectivity index (χ4n) is 2.90. The molecule has 0 atom stereocenters. The molecule has 0 saturated carbocycles. The molecule has 2 aromatic rings. The zero-order chi connectivity index (χ0) is 21.0. The van der Waals surface area contributed by atoms with E-state index in [1.807, 2.05) is 0 Å². The van der Waals surface area contributed by atoms with Gasteiger partial charge in [-0.1, -0.05) is 11.6 Å². The molecule has 10 heteroatoms. The second kappa shape index (κ2) is 8.89. The lowest BCUT2D eigenvalue weighted by atomic mass is 10.1. The van der Waals surface area contributed by atoms with Crippen LogP contribution >= 0.6 is 11.6 Å². The highest BCUT2D eigenvalue weighted by atomic mass is 35.5. The van der Waals surface area contributed by atoms with Gasteiger partial charge in [-0.05, 0) is 54.8 Å². The Labute approximate surface area is 172 Å². The van der Waals surface area contributed by atoms with Gasteiger partial charge in [0.15, 0.2) is 0 Å². The van der Waals surface area contributed by atoms with Gasteiger partial charge in [0.2, 0.25) is 21.8 Å². The number of benzene rings is 2. The van der Waals surface area contributed by atoms with Crippen molar-refractivity contribution in [2.24, 2.45) is 0 Å². The van der Waals surface area contributed by atoms with Crippen LogP contribution in [-0.4, -0.2) is 26.8 Å². The standard InChI is InChI=1S/C19H19ClFN3O4S/c20-15-11-13(4-6-16(15)21)23-19(26)8-9-22-29(27,28)14-5-7-17-12(10-14)2-1-3-18(25)24-17/h4-7,10-11,22H,1-3,8-9H2,(H,23,26)(H,24,25). The van der Waals surface area contributed by atoms with Crippen LogP contribution in [0.1, 0.15) is 24.8 Å². The number of aryl methyl sites for hydroxylation is 1. The first-order valence-electron chi connectivity index (χ1n) is 8.92. The van der Waals surface area contributed by atoms with Gasteiger partial charge in [-0.3, -0.25) is 9.59 Å². The summed E-state index contributed by atoms with van der Waals surface area (Å²) in [7, 11) is -3.81. The van der Waals surface area contributed by atoms with Crippen LogP contribution in [0, 0.1) is 5.82 Å². The van der Waals surface area contributed by atoms with E-state index in [4.69, 9.17) is 11.6 Å². The number of sulfonamides is 1. The van der Waals surface area contributed by atoms with Crippen LogP contribution in [-0.2, 0) is 26.0 Å². The fraction of sp³-hybridized carbons (Fsp3) is 0.263. The lowest BCUT2D eigenvalue weighted by Gasteiger charge is -2.11. The van der Waals surface area contributed by atoms with E-state index in [-0.39, 0.29) is 28.8 Å². The molecule has 0 fully saturated rings. The fourth-order valence-corrected chi connectivity index (χ4v) is 4.16. The molecule has 2 aromatic carbocycles. The Morgan fingerprint density at radius 2 is 1.97 bits per heavy atom. The molecule has 1 heterocycles. The van der Waals surface area contributed by atoms with Crippen LogP contribution in [0.3, 0.4) is 0 Å². The third-order valence-corrected chi connectivity index (χ3v) is 6.11. The van der Waals surface area contributed by atoms with E-state index in [9.17, 15) is 22.4 Å². The van der Waals surface area contributed by atoms with Gasteiger partial charge in [-0.2, -0.15) is 0 Å². The number of carbonyl (C=O) groups is 2. The minimum atomic E-state index is -3.81. The normalized spacial score (nSPS) is 13.9. The number of fused-ring (bicyclic) bond motifs is 1. The van der Waals surface area contributed by atoms with Crippen LogP contribution in [0.4, 0.5) is 15.8 Å². The van der Waals surface area contributed by atoms with Crippen molar-refractivity contribution < 1.29 is 22.4 Å². The predicted molar refractivity (Wildman–Crippen MR) is 108 cm³/mol. The van der Waals surface area contributed by atoms with E-state index in [2.05, 4.69) is 15.4 Å². The lowest BCUT2D eigenvalue weighted by Crippen LogP contribution is -2.28. The van der Waals surface area contributed by atoms with Crippen molar-refractivity contribution in [2.75, 3.05) is 17.2 Å². The molecular formula is C19H19ClFN3O4S. The first-order valence-corrected chi connectivity index (χ1v) is 10.8. The highest BCUT2D eigenvalue weighted by Gasteiger charge is 2.19. The number of halogens is 2. The van der Waals surface area contributed by atoms with Crippen molar-refractivity contribution in [1.29, 1.82) is 0 Å². The largest absolute Gasteiger partial charge is 0.326 e. The second-order valence-electron chi connectivity index (χ2n) is 6.55. The molecule has 0 bridgehead atoms. The number of anilines is 2. The topological polar surface area (TPSA) is 104 Å². The molecule has 0 saturated heterocycles. The smallest absolute Gasteiger partial charge is 0.240 e. The highest BCUT2D eigenvalue weighted by molar-refractivity contribution is 7.89. The molecule has 2 amide bonds. The lowest BCUT2D eigenvalue weighted by molar-refractivity contribution is -0.116. The summed E-state index contributed by atoms with van der Waals surface area (Å²) >= 11 is 5.66. The van der Waals surface area contributed by atoms with E-state index < -0.39 is 21.7 Å².